The van der Waals surface area contributed by atoms with Gasteiger partial charge in [-0.1, -0.05) is 29.5 Å². The summed E-state index contributed by atoms with van der Waals surface area (Å²) in [7, 11) is 0. The molecule has 5 rings (SSSR count). The molecule has 0 bridgehead atoms. The Morgan fingerprint density at radius 3 is 2.77 bits per heavy atom. The molecule has 1 aliphatic carbocycles. The maximum Gasteiger partial charge on any atom is 0.293 e. The van der Waals surface area contributed by atoms with Crippen molar-refractivity contribution in [3.63, 3.8) is 0 Å². The van der Waals surface area contributed by atoms with Gasteiger partial charge >= 0.3 is 0 Å². The van der Waals surface area contributed by atoms with Crippen molar-refractivity contribution in [2.24, 2.45) is 5.10 Å². The van der Waals surface area contributed by atoms with E-state index in [1.165, 1.54) is 35.6 Å². The number of aryl methyl sites for hydroxylation is 1. The summed E-state index contributed by atoms with van der Waals surface area (Å²) in [6.07, 6.45) is 1.97. The van der Waals surface area contributed by atoms with E-state index in [0.29, 0.717) is 40.6 Å². The van der Waals surface area contributed by atoms with Gasteiger partial charge in [0.05, 0.1) is 20.9 Å². The quantitative estimate of drug-likeness (QED) is 0.304. The molecule has 0 radical (unpaired) electrons. The number of hydrogen-bond acceptors (Lipinski definition) is 8. The lowest BCUT2D eigenvalue weighted by atomic mass is 9.93. The Morgan fingerprint density at radius 2 is 1.97 bits per heavy atom. The third kappa shape index (κ3) is 4.41. The number of non-ortho nitro benzene ring substituents is 1. The highest BCUT2D eigenvalue weighted by atomic mass is 32.1. The van der Waals surface area contributed by atoms with Crippen molar-refractivity contribution in [2.45, 2.75) is 26.2 Å². The molecule has 35 heavy (non-hydrogen) atoms. The molecule has 0 spiro atoms. The first kappa shape index (κ1) is 22.4. The minimum atomic E-state index is -0.566. The lowest BCUT2D eigenvalue weighted by Crippen LogP contribution is -2.22. The number of furan rings is 1. The van der Waals surface area contributed by atoms with Crippen molar-refractivity contribution >= 4 is 49.9 Å². The van der Waals surface area contributed by atoms with E-state index in [9.17, 15) is 19.7 Å². The number of carbonyl (C=O) groups excluding carboxylic acids is 2. The van der Waals surface area contributed by atoms with Gasteiger partial charge in [0.25, 0.3) is 17.5 Å². The van der Waals surface area contributed by atoms with Crippen LogP contribution in [0.3, 0.4) is 0 Å². The zero-order valence-electron chi connectivity index (χ0n) is 18.5. The molecule has 0 fully saturated rings. The zero-order valence-corrected chi connectivity index (χ0v) is 19.3. The number of nitrogens with one attached hydrogen (secondary N) is 2. The van der Waals surface area contributed by atoms with Crippen LogP contribution in [-0.2, 0) is 6.42 Å². The van der Waals surface area contributed by atoms with Crippen molar-refractivity contribution in [1.29, 1.82) is 0 Å². The molecule has 0 saturated heterocycles. The number of anilines is 1. The topological polar surface area (TPSA) is 140 Å². The lowest BCUT2D eigenvalue weighted by molar-refractivity contribution is -0.384. The highest BCUT2D eigenvalue weighted by molar-refractivity contribution is 7.22. The minimum absolute atomic E-state index is 0.124. The molecule has 0 unspecified atom stereocenters. The van der Waals surface area contributed by atoms with Crippen LogP contribution in [0.4, 0.5) is 10.8 Å². The summed E-state index contributed by atoms with van der Waals surface area (Å²) >= 11 is 1.38. The molecule has 0 saturated carbocycles. The van der Waals surface area contributed by atoms with E-state index in [0.717, 1.165) is 16.6 Å². The van der Waals surface area contributed by atoms with E-state index in [2.05, 4.69) is 20.8 Å². The fourth-order valence-electron chi connectivity index (χ4n) is 4.02. The van der Waals surface area contributed by atoms with Crippen LogP contribution in [0.2, 0.25) is 0 Å². The average Bonchev–Trinajstić information content (AvgIpc) is 3.43. The van der Waals surface area contributed by atoms with Crippen molar-refractivity contribution in [1.82, 2.24) is 10.4 Å². The number of carbonyl (C=O) groups is 2. The number of fused-ring (bicyclic) bond motifs is 2. The van der Waals surface area contributed by atoms with Gasteiger partial charge in [-0.3, -0.25) is 25.0 Å². The van der Waals surface area contributed by atoms with Gasteiger partial charge in [0.2, 0.25) is 0 Å². The number of hydrogen-bond donors (Lipinski definition) is 2. The van der Waals surface area contributed by atoms with Crippen molar-refractivity contribution in [3.8, 4) is 0 Å². The molecule has 4 aromatic rings. The summed E-state index contributed by atoms with van der Waals surface area (Å²) < 4.78 is 6.87. The second kappa shape index (κ2) is 9.11. The predicted octanol–water partition coefficient (Wildman–Crippen LogP) is 4.83. The number of nitro groups is 1. The number of para-hydroxylation sites is 1. The number of nitro benzene ring substituents is 1. The van der Waals surface area contributed by atoms with Crippen LogP contribution in [-0.4, -0.2) is 27.4 Å². The Balaban J connectivity index is 1.37. The second-order valence-electron chi connectivity index (χ2n) is 7.96. The molecular formula is C24H19N5O5S. The van der Waals surface area contributed by atoms with Crippen LogP contribution >= 0.6 is 11.3 Å². The largest absolute Gasteiger partial charge is 0.455 e. The van der Waals surface area contributed by atoms with Gasteiger partial charge in [-0.2, -0.15) is 5.10 Å². The number of aromatic nitrogens is 1. The Labute approximate surface area is 202 Å². The molecule has 10 nitrogen and oxygen atoms in total. The summed E-state index contributed by atoms with van der Waals surface area (Å²) in [6.45, 7) is 1.78. The molecule has 2 heterocycles. The van der Waals surface area contributed by atoms with E-state index >= 15 is 0 Å². The fourth-order valence-corrected chi connectivity index (χ4v) is 4.88. The Kier molecular flexibility index (Phi) is 5.83. The van der Waals surface area contributed by atoms with Crippen LogP contribution in [0.1, 0.15) is 50.6 Å². The number of hydrazone groups is 1. The molecule has 2 aromatic heterocycles. The van der Waals surface area contributed by atoms with Crippen molar-refractivity contribution in [3.05, 3.63) is 86.9 Å². The number of thiazole rings is 1. The number of rotatable bonds is 5. The van der Waals surface area contributed by atoms with Crippen LogP contribution in [0.15, 0.2) is 58.0 Å². The van der Waals surface area contributed by atoms with E-state index in [1.54, 1.807) is 6.92 Å². The average molecular weight is 490 g/mol. The van der Waals surface area contributed by atoms with Gasteiger partial charge in [-0.25, -0.2) is 10.4 Å². The number of benzene rings is 2. The smallest absolute Gasteiger partial charge is 0.293 e. The van der Waals surface area contributed by atoms with Crippen LogP contribution in [0.25, 0.3) is 10.2 Å². The minimum Gasteiger partial charge on any atom is -0.455 e. The molecule has 2 amide bonds. The van der Waals surface area contributed by atoms with Gasteiger partial charge in [0.1, 0.15) is 5.76 Å². The summed E-state index contributed by atoms with van der Waals surface area (Å²) in [5, 5.41) is 18.5. The number of amides is 2. The van der Waals surface area contributed by atoms with Gasteiger partial charge in [-0.15, -0.1) is 0 Å². The first-order valence-corrected chi connectivity index (χ1v) is 11.6. The zero-order chi connectivity index (χ0) is 24.5. The fraction of sp³-hybridized carbons (Fsp3) is 0.167. The Morgan fingerprint density at radius 1 is 1.14 bits per heavy atom. The third-order valence-corrected chi connectivity index (χ3v) is 6.61. The lowest BCUT2D eigenvalue weighted by Gasteiger charge is -2.13. The Hall–Kier alpha value is -4.38. The summed E-state index contributed by atoms with van der Waals surface area (Å²) in [5.74, 6) is -0.167. The van der Waals surface area contributed by atoms with Crippen molar-refractivity contribution in [2.75, 3.05) is 5.32 Å². The van der Waals surface area contributed by atoms with E-state index < -0.39 is 16.7 Å². The van der Waals surface area contributed by atoms with Crippen molar-refractivity contribution < 1.29 is 18.9 Å². The van der Waals surface area contributed by atoms with Crippen LogP contribution in [0.5, 0.6) is 0 Å². The highest BCUT2D eigenvalue weighted by Gasteiger charge is 2.28. The van der Waals surface area contributed by atoms with E-state index in [4.69, 9.17) is 4.42 Å². The highest BCUT2D eigenvalue weighted by Crippen LogP contribution is 2.31. The molecule has 2 aromatic carbocycles. The van der Waals surface area contributed by atoms with Crippen LogP contribution in [0, 0.1) is 17.0 Å². The summed E-state index contributed by atoms with van der Waals surface area (Å²) in [6, 6.07) is 13.0. The molecule has 11 heteroatoms. The van der Waals surface area contributed by atoms with Gasteiger partial charge < -0.3 is 4.42 Å². The predicted molar refractivity (Wildman–Crippen MR) is 131 cm³/mol. The molecule has 176 valence electrons. The summed E-state index contributed by atoms with van der Waals surface area (Å²) in [5.41, 5.74) is 5.13. The van der Waals surface area contributed by atoms with Gasteiger partial charge in [0, 0.05) is 35.2 Å². The maximum atomic E-state index is 13.0. The van der Waals surface area contributed by atoms with Crippen LogP contribution < -0.4 is 10.7 Å². The third-order valence-electron chi connectivity index (χ3n) is 5.66. The van der Waals surface area contributed by atoms with Gasteiger partial charge in [0.15, 0.2) is 10.9 Å². The first-order valence-electron chi connectivity index (χ1n) is 10.8. The molecular weight excluding hydrogens is 470 g/mol. The SMILES string of the molecule is Cc1c(C(=O)Nc2nc3ccccc3s2)oc2c1/C(=N/NC(=O)c1cccc([N+](=O)[O-])c1)CCC2. The molecule has 0 aliphatic heterocycles. The van der Waals surface area contributed by atoms with E-state index in [1.807, 2.05) is 24.3 Å². The second-order valence-corrected chi connectivity index (χ2v) is 8.99. The Bertz CT molecular complexity index is 1490. The number of nitrogens with zero attached hydrogens (tertiary/aromatic N) is 3. The first-order chi connectivity index (χ1) is 16.9. The monoisotopic (exact) mass is 489 g/mol. The molecule has 1 aliphatic rings. The normalized spacial score (nSPS) is 14.0. The standard InChI is InChI=1S/C24H19N5O5S/c1-13-20-17(27-28-22(30)14-6-4-7-15(12-14)29(32)33)9-5-10-18(20)34-21(13)23(31)26-24-25-16-8-2-3-11-19(16)35-24/h2-4,6-8,11-12H,5,9-10H2,1H3,(H,28,30)(H,25,26,31)/b27-17+. The maximum absolute atomic E-state index is 13.0. The molecule has 2 N–H and O–H groups in total. The van der Waals surface area contributed by atoms with E-state index in [-0.39, 0.29) is 17.0 Å². The summed E-state index contributed by atoms with van der Waals surface area (Å²) in [4.78, 5) is 40.3. The molecule has 0 atom stereocenters. The van der Waals surface area contributed by atoms with Gasteiger partial charge in [-0.05, 0) is 38.0 Å².